The molecule has 0 radical (unpaired) electrons. The lowest BCUT2D eigenvalue weighted by Gasteiger charge is -2.19. The van der Waals surface area contributed by atoms with Crippen molar-refractivity contribution in [2.75, 3.05) is 13.6 Å². The van der Waals surface area contributed by atoms with E-state index in [1.807, 2.05) is 43.5 Å². The highest BCUT2D eigenvalue weighted by Crippen LogP contribution is 2.19. The van der Waals surface area contributed by atoms with E-state index in [0.29, 0.717) is 19.0 Å². The summed E-state index contributed by atoms with van der Waals surface area (Å²) in [6, 6.07) is 9.72. The predicted octanol–water partition coefficient (Wildman–Crippen LogP) is 3.42. The predicted molar refractivity (Wildman–Crippen MR) is 97.2 cm³/mol. The Bertz CT molecular complexity index is 819. The number of furan rings is 1. The molecule has 0 aliphatic rings. The Hall–Kier alpha value is -2.76. The lowest BCUT2D eigenvalue weighted by molar-refractivity contribution is 0.201. The minimum absolute atomic E-state index is 0.102. The molecule has 25 heavy (non-hydrogen) atoms. The zero-order valence-electron chi connectivity index (χ0n) is 14.9. The largest absolute Gasteiger partial charge is 0.459 e. The van der Waals surface area contributed by atoms with E-state index in [4.69, 9.17) is 4.42 Å². The number of nitrogens with zero attached hydrogens (tertiary/aromatic N) is 3. The molecule has 0 bridgehead atoms. The van der Waals surface area contributed by atoms with E-state index >= 15 is 0 Å². The van der Waals surface area contributed by atoms with Gasteiger partial charge in [0.05, 0.1) is 6.54 Å². The molecule has 0 aliphatic carbocycles. The minimum Gasteiger partial charge on any atom is -0.459 e. The SMILES string of the molecule is Cc1nccn1C[C@@H](C)CNC(=O)N(C)Cc1cc2ccccc2o1. The Balaban J connectivity index is 1.49. The number of benzene rings is 1. The van der Waals surface area contributed by atoms with Crippen LogP contribution in [0.25, 0.3) is 11.0 Å². The lowest BCUT2D eigenvalue weighted by atomic mass is 10.2. The van der Waals surface area contributed by atoms with Gasteiger partial charge in [-0.2, -0.15) is 0 Å². The zero-order chi connectivity index (χ0) is 17.8. The van der Waals surface area contributed by atoms with Gasteiger partial charge in [0.2, 0.25) is 0 Å². The molecular weight excluding hydrogens is 316 g/mol. The van der Waals surface area contributed by atoms with Gasteiger partial charge >= 0.3 is 6.03 Å². The maximum absolute atomic E-state index is 12.3. The molecule has 2 aromatic heterocycles. The fraction of sp³-hybridized carbons (Fsp3) is 0.368. The van der Waals surface area contributed by atoms with Crippen molar-refractivity contribution in [2.45, 2.75) is 26.9 Å². The monoisotopic (exact) mass is 340 g/mol. The number of fused-ring (bicyclic) bond motifs is 1. The first kappa shape index (κ1) is 17.1. The molecule has 2 amide bonds. The Morgan fingerprint density at radius 2 is 2.20 bits per heavy atom. The standard InChI is InChI=1S/C19H24N4O2/c1-14(12-23-9-8-20-15(23)2)11-21-19(24)22(3)13-17-10-16-6-4-5-7-18(16)25-17/h4-10,14H,11-13H2,1-3H3,(H,21,24)/t14-/m0/s1. The number of hydrogen-bond donors (Lipinski definition) is 1. The molecule has 0 aliphatic heterocycles. The van der Waals surface area contributed by atoms with Crippen LogP contribution in [0.4, 0.5) is 4.79 Å². The normalized spacial score (nSPS) is 12.3. The van der Waals surface area contributed by atoms with Crippen LogP contribution in [0.3, 0.4) is 0 Å². The average molecular weight is 340 g/mol. The number of para-hydroxylation sites is 1. The molecule has 3 rings (SSSR count). The Kier molecular flexibility index (Phi) is 5.07. The number of imidazole rings is 1. The summed E-state index contributed by atoms with van der Waals surface area (Å²) in [5.41, 5.74) is 0.843. The molecule has 0 unspecified atom stereocenters. The maximum atomic E-state index is 12.3. The summed E-state index contributed by atoms with van der Waals surface area (Å²) in [5.74, 6) is 2.08. The summed E-state index contributed by atoms with van der Waals surface area (Å²) in [4.78, 5) is 18.1. The topological polar surface area (TPSA) is 63.3 Å². The summed E-state index contributed by atoms with van der Waals surface area (Å²) in [7, 11) is 1.77. The van der Waals surface area contributed by atoms with E-state index < -0.39 is 0 Å². The highest BCUT2D eigenvalue weighted by Gasteiger charge is 2.13. The number of aromatic nitrogens is 2. The van der Waals surface area contributed by atoms with Gasteiger partial charge < -0.3 is 19.2 Å². The van der Waals surface area contributed by atoms with E-state index in [-0.39, 0.29) is 6.03 Å². The van der Waals surface area contributed by atoms with Crippen molar-refractivity contribution in [3.05, 3.63) is 54.3 Å². The van der Waals surface area contributed by atoms with Crippen LogP contribution in [-0.4, -0.2) is 34.1 Å². The molecular formula is C19H24N4O2. The van der Waals surface area contributed by atoms with Crippen LogP contribution in [0.5, 0.6) is 0 Å². The van der Waals surface area contributed by atoms with Gasteiger partial charge in [0, 0.05) is 37.9 Å². The van der Waals surface area contributed by atoms with Gasteiger partial charge in [-0.05, 0) is 25.0 Å². The first-order chi connectivity index (χ1) is 12.0. The van der Waals surface area contributed by atoms with Crippen LogP contribution in [0, 0.1) is 12.8 Å². The molecule has 1 atom stereocenters. The second-order valence-electron chi connectivity index (χ2n) is 6.52. The van der Waals surface area contributed by atoms with Crippen molar-refractivity contribution in [3.63, 3.8) is 0 Å². The van der Waals surface area contributed by atoms with E-state index in [0.717, 1.165) is 29.1 Å². The molecule has 2 heterocycles. The second kappa shape index (κ2) is 7.42. The van der Waals surface area contributed by atoms with E-state index in [1.54, 1.807) is 18.1 Å². The molecule has 6 heteroatoms. The Morgan fingerprint density at radius 1 is 1.40 bits per heavy atom. The van der Waals surface area contributed by atoms with Crippen molar-refractivity contribution < 1.29 is 9.21 Å². The third-order valence-electron chi connectivity index (χ3n) is 4.25. The first-order valence-electron chi connectivity index (χ1n) is 8.47. The number of nitrogens with one attached hydrogen (secondary N) is 1. The molecule has 6 nitrogen and oxygen atoms in total. The fourth-order valence-corrected chi connectivity index (χ4v) is 2.81. The van der Waals surface area contributed by atoms with Crippen LogP contribution in [0.15, 0.2) is 47.1 Å². The number of amides is 2. The summed E-state index contributed by atoms with van der Waals surface area (Å²) < 4.78 is 7.86. The van der Waals surface area contributed by atoms with Gasteiger partial charge in [0.15, 0.2) is 0 Å². The van der Waals surface area contributed by atoms with Gasteiger partial charge in [-0.15, -0.1) is 0 Å². The quantitative estimate of drug-likeness (QED) is 0.748. The summed E-state index contributed by atoms with van der Waals surface area (Å²) >= 11 is 0. The van der Waals surface area contributed by atoms with Crippen molar-refractivity contribution in [2.24, 2.45) is 5.92 Å². The number of carbonyl (C=O) groups excluding carboxylic acids is 1. The van der Waals surface area contributed by atoms with Gasteiger partial charge in [0.1, 0.15) is 17.2 Å². The van der Waals surface area contributed by atoms with Crippen molar-refractivity contribution in [1.29, 1.82) is 0 Å². The molecule has 132 valence electrons. The van der Waals surface area contributed by atoms with E-state index in [2.05, 4.69) is 21.8 Å². The summed E-state index contributed by atoms with van der Waals surface area (Å²) in [5, 5.41) is 4.03. The zero-order valence-corrected chi connectivity index (χ0v) is 14.9. The van der Waals surface area contributed by atoms with Gasteiger partial charge in [-0.1, -0.05) is 25.1 Å². The molecule has 1 N–H and O–H groups in total. The number of rotatable bonds is 6. The van der Waals surface area contributed by atoms with Gasteiger partial charge in [-0.25, -0.2) is 9.78 Å². The summed E-state index contributed by atoms with van der Waals surface area (Å²) in [6.45, 7) is 5.97. The molecule has 3 aromatic rings. The number of hydrogen-bond acceptors (Lipinski definition) is 3. The van der Waals surface area contributed by atoms with Crippen molar-refractivity contribution in [3.8, 4) is 0 Å². The highest BCUT2D eigenvalue weighted by molar-refractivity contribution is 5.78. The van der Waals surface area contributed by atoms with Crippen LogP contribution in [-0.2, 0) is 13.1 Å². The van der Waals surface area contributed by atoms with E-state index in [1.165, 1.54) is 0 Å². The number of carbonyl (C=O) groups is 1. The maximum Gasteiger partial charge on any atom is 0.317 e. The number of aryl methyl sites for hydroxylation is 1. The second-order valence-corrected chi connectivity index (χ2v) is 6.52. The molecule has 0 saturated carbocycles. The Morgan fingerprint density at radius 3 is 2.92 bits per heavy atom. The molecule has 1 aromatic carbocycles. The van der Waals surface area contributed by atoms with Gasteiger partial charge in [-0.3, -0.25) is 0 Å². The van der Waals surface area contributed by atoms with Crippen LogP contribution < -0.4 is 5.32 Å². The third-order valence-corrected chi connectivity index (χ3v) is 4.25. The first-order valence-corrected chi connectivity index (χ1v) is 8.47. The van der Waals surface area contributed by atoms with Crippen LogP contribution in [0.2, 0.25) is 0 Å². The smallest absolute Gasteiger partial charge is 0.317 e. The van der Waals surface area contributed by atoms with Gasteiger partial charge in [0.25, 0.3) is 0 Å². The molecule has 0 fully saturated rings. The van der Waals surface area contributed by atoms with Crippen molar-refractivity contribution in [1.82, 2.24) is 19.8 Å². The minimum atomic E-state index is -0.102. The fourth-order valence-electron chi connectivity index (χ4n) is 2.81. The number of urea groups is 1. The average Bonchev–Trinajstić information content (AvgIpc) is 3.18. The van der Waals surface area contributed by atoms with Crippen molar-refractivity contribution >= 4 is 17.0 Å². The van der Waals surface area contributed by atoms with Crippen LogP contribution >= 0.6 is 0 Å². The van der Waals surface area contributed by atoms with Crippen LogP contribution in [0.1, 0.15) is 18.5 Å². The lowest BCUT2D eigenvalue weighted by Crippen LogP contribution is -2.39. The molecule has 0 saturated heterocycles. The molecule has 0 spiro atoms. The highest BCUT2D eigenvalue weighted by atomic mass is 16.3. The van der Waals surface area contributed by atoms with E-state index in [9.17, 15) is 4.79 Å². The Labute approximate surface area is 147 Å². The third kappa shape index (κ3) is 4.21. The summed E-state index contributed by atoms with van der Waals surface area (Å²) in [6.07, 6.45) is 3.75.